The van der Waals surface area contributed by atoms with Gasteiger partial charge < -0.3 is 21.4 Å². The van der Waals surface area contributed by atoms with Crippen LogP contribution in [0.1, 0.15) is 60.9 Å². The number of nitrogen functional groups attached to an aromatic ring is 1. The Kier molecular flexibility index (Phi) is 7.21. The second kappa shape index (κ2) is 10.6. The molecule has 0 spiro atoms. The number of para-hydroxylation sites is 1. The van der Waals surface area contributed by atoms with Crippen molar-refractivity contribution in [1.82, 2.24) is 10.2 Å². The van der Waals surface area contributed by atoms with Crippen molar-refractivity contribution in [1.29, 1.82) is 5.41 Å². The largest absolute Gasteiger partial charge is 0.398 e. The molecule has 202 valence electrons. The number of likely N-dealkylation sites (tertiary alicyclic amines) is 1. The molecular weight excluding hydrogens is 498 g/mol. The monoisotopic (exact) mass is 530 g/mol. The Hall–Kier alpha value is -4.07. The highest BCUT2D eigenvalue weighted by Crippen LogP contribution is 2.48. The van der Waals surface area contributed by atoms with Gasteiger partial charge in [0.15, 0.2) is 0 Å². The molecule has 2 amide bonds. The van der Waals surface area contributed by atoms with Crippen LogP contribution in [0.25, 0.3) is 0 Å². The number of nitrogens with zero attached hydrogens (tertiary/aromatic N) is 1. The Morgan fingerprint density at radius 1 is 1.08 bits per heavy atom. The van der Waals surface area contributed by atoms with Crippen molar-refractivity contribution in [2.45, 2.75) is 56.3 Å². The zero-order chi connectivity index (χ0) is 27.7. The van der Waals surface area contributed by atoms with Gasteiger partial charge >= 0.3 is 0 Å². The predicted octanol–water partition coefficient (Wildman–Crippen LogP) is 5.06. The molecule has 1 aliphatic carbocycles. The van der Waals surface area contributed by atoms with Crippen molar-refractivity contribution in [2.75, 3.05) is 12.3 Å². The van der Waals surface area contributed by atoms with Crippen molar-refractivity contribution in [3.8, 4) is 0 Å². The van der Waals surface area contributed by atoms with E-state index in [1.165, 1.54) is 11.0 Å². The maximum Gasteiger partial charge on any atom is 0.243 e. The van der Waals surface area contributed by atoms with Gasteiger partial charge in [0.25, 0.3) is 0 Å². The normalized spacial score (nSPS) is 20.3. The minimum absolute atomic E-state index is 0.00153. The second-order valence-electron chi connectivity index (χ2n) is 10.8. The summed E-state index contributed by atoms with van der Waals surface area (Å²) in [7, 11) is 0. The summed E-state index contributed by atoms with van der Waals surface area (Å²) in [5.74, 6) is -1.36. The third-order valence-corrected chi connectivity index (χ3v) is 7.88. The van der Waals surface area contributed by atoms with E-state index in [0.717, 1.165) is 18.4 Å². The molecule has 6 nitrogen and oxygen atoms in total. The van der Waals surface area contributed by atoms with Crippen molar-refractivity contribution < 1.29 is 18.4 Å². The lowest BCUT2D eigenvalue weighted by molar-refractivity contribution is -0.137. The van der Waals surface area contributed by atoms with Gasteiger partial charge in [-0.15, -0.1) is 0 Å². The van der Waals surface area contributed by atoms with Crippen LogP contribution in [0, 0.1) is 11.2 Å². The zero-order valence-corrected chi connectivity index (χ0v) is 21.8. The molecule has 8 heteroatoms. The highest BCUT2D eigenvalue weighted by atomic mass is 19.1. The number of hydrogen-bond acceptors (Lipinski definition) is 4. The van der Waals surface area contributed by atoms with Gasteiger partial charge in [-0.1, -0.05) is 67.6 Å². The van der Waals surface area contributed by atoms with E-state index < -0.39 is 30.1 Å². The molecule has 1 heterocycles. The van der Waals surface area contributed by atoms with Crippen LogP contribution in [-0.2, 0) is 15.0 Å². The lowest BCUT2D eigenvalue weighted by Crippen LogP contribution is -2.47. The molecule has 4 N–H and O–H groups in total. The third kappa shape index (κ3) is 5.55. The number of benzene rings is 3. The van der Waals surface area contributed by atoms with Gasteiger partial charge in [0.1, 0.15) is 18.0 Å². The molecule has 39 heavy (non-hydrogen) atoms. The van der Waals surface area contributed by atoms with Gasteiger partial charge in [0, 0.05) is 23.4 Å². The summed E-state index contributed by atoms with van der Waals surface area (Å²) >= 11 is 0. The predicted molar refractivity (Wildman–Crippen MR) is 147 cm³/mol. The number of nitrogens with one attached hydrogen (secondary N) is 2. The first-order valence-corrected chi connectivity index (χ1v) is 13.2. The first-order valence-electron chi connectivity index (χ1n) is 13.2. The number of carbonyl (C=O) groups excluding carboxylic acids is 2. The van der Waals surface area contributed by atoms with Gasteiger partial charge in [0.2, 0.25) is 11.8 Å². The van der Waals surface area contributed by atoms with Crippen molar-refractivity contribution in [2.24, 2.45) is 0 Å². The molecule has 5 rings (SSSR count). The molecule has 1 saturated carbocycles. The van der Waals surface area contributed by atoms with Gasteiger partial charge in [-0.2, -0.15) is 0 Å². The molecule has 1 saturated heterocycles. The summed E-state index contributed by atoms with van der Waals surface area (Å²) in [5.41, 5.74) is 8.57. The number of anilines is 1. The fourth-order valence-electron chi connectivity index (χ4n) is 5.33. The molecule has 0 unspecified atom stereocenters. The molecule has 1 aliphatic heterocycles. The van der Waals surface area contributed by atoms with Crippen LogP contribution in [0.4, 0.5) is 14.5 Å². The molecule has 3 aromatic carbocycles. The van der Waals surface area contributed by atoms with Crippen LogP contribution in [-0.4, -0.2) is 41.2 Å². The maximum atomic E-state index is 15.2. The lowest BCUT2D eigenvalue weighted by atomic mass is 9.92. The van der Waals surface area contributed by atoms with Crippen molar-refractivity contribution >= 4 is 23.2 Å². The van der Waals surface area contributed by atoms with Crippen molar-refractivity contribution in [3.63, 3.8) is 0 Å². The zero-order valence-electron chi connectivity index (χ0n) is 21.8. The highest BCUT2D eigenvalue weighted by molar-refractivity contribution is 6.12. The summed E-state index contributed by atoms with van der Waals surface area (Å²) in [6, 6.07) is 19.2. The smallest absolute Gasteiger partial charge is 0.243 e. The fourth-order valence-corrected chi connectivity index (χ4v) is 5.33. The lowest BCUT2D eigenvalue weighted by Gasteiger charge is -2.27. The van der Waals surface area contributed by atoms with E-state index in [-0.39, 0.29) is 36.3 Å². The van der Waals surface area contributed by atoms with Crippen LogP contribution < -0.4 is 11.1 Å². The van der Waals surface area contributed by atoms with Gasteiger partial charge in [-0.25, -0.2) is 8.78 Å². The molecular formula is C31H32F2N4O2. The SMILES string of the molecule is CC1(c2ccc([C@@H](NC(=O)[C@@H]3C[C@@H](F)CN3C(=O)CC(=N)c3ccccc3N)c3ccccc3)cc2F)CC1. The summed E-state index contributed by atoms with van der Waals surface area (Å²) in [5, 5.41) is 11.3. The standard InChI is InChI=1S/C31H32F2N4O2/c1-31(13-14-31)23-12-11-20(15-24(23)33)29(19-7-3-2-4-8-19)36-30(39)27-16-21(32)18-37(27)28(38)17-26(35)22-9-5-6-10-25(22)34/h2-12,15,21,27,29,35H,13-14,16-18,34H2,1H3,(H,36,39)/t21-,27+,29+/m1/s1. The number of hydrogen-bond donors (Lipinski definition) is 3. The van der Waals surface area contributed by atoms with Gasteiger partial charge in [-0.05, 0) is 47.1 Å². The molecule has 3 aromatic rings. The van der Waals surface area contributed by atoms with Gasteiger partial charge in [-0.3, -0.25) is 9.59 Å². The van der Waals surface area contributed by atoms with E-state index >= 15 is 4.39 Å². The van der Waals surface area contributed by atoms with Crippen molar-refractivity contribution in [3.05, 3.63) is 101 Å². The quantitative estimate of drug-likeness (QED) is 0.280. The van der Waals surface area contributed by atoms with E-state index in [4.69, 9.17) is 11.1 Å². The average Bonchev–Trinajstić information content (AvgIpc) is 3.54. The minimum Gasteiger partial charge on any atom is -0.398 e. The van der Waals surface area contributed by atoms with E-state index in [2.05, 4.69) is 5.32 Å². The minimum atomic E-state index is -1.37. The highest BCUT2D eigenvalue weighted by Gasteiger charge is 2.42. The Labute approximate surface area is 226 Å². The number of alkyl halides is 1. The Morgan fingerprint density at radius 2 is 1.77 bits per heavy atom. The molecule has 3 atom stereocenters. The first kappa shape index (κ1) is 26.5. The maximum absolute atomic E-state index is 15.2. The van der Waals surface area contributed by atoms with E-state index in [1.54, 1.807) is 30.3 Å². The molecule has 2 aliphatic rings. The van der Waals surface area contributed by atoms with Crippen LogP contribution in [0.3, 0.4) is 0 Å². The summed E-state index contributed by atoms with van der Waals surface area (Å²) in [4.78, 5) is 27.9. The number of nitrogens with two attached hydrogens (primary N) is 1. The van der Waals surface area contributed by atoms with Crippen LogP contribution in [0.5, 0.6) is 0 Å². The summed E-state index contributed by atoms with van der Waals surface area (Å²) < 4.78 is 29.7. The Balaban J connectivity index is 1.37. The fraction of sp³-hybridized carbons (Fsp3) is 0.323. The second-order valence-corrected chi connectivity index (χ2v) is 10.8. The van der Waals surface area contributed by atoms with E-state index in [9.17, 15) is 14.0 Å². The summed E-state index contributed by atoms with van der Waals surface area (Å²) in [6.07, 6.45) is 0.0506. The summed E-state index contributed by atoms with van der Waals surface area (Å²) in [6.45, 7) is 1.80. The van der Waals surface area contributed by atoms with Crippen LogP contribution in [0.15, 0.2) is 72.8 Å². The first-order chi connectivity index (χ1) is 18.7. The molecule has 0 radical (unpaired) electrons. The van der Waals surface area contributed by atoms with Gasteiger partial charge in [0.05, 0.1) is 19.0 Å². The molecule has 0 aromatic heterocycles. The van der Waals surface area contributed by atoms with Crippen LogP contribution in [0.2, 0.25) is 0 Å². The molecule has 0 bridgehead atoms. The Bertz CT molecular complexity index is 1410. The van der Waals surface area contributed by atoms with E-state index in [1.807, 2.05) is 43.3 Å². The van der Waals surface area contributed by atoms with E-state index in [0.29, 0.717) is 22.4 Å². The van der Waals surface area contributed by atoms with Crippen LogP contribution >= 0.6 is 0 Å². The number of rotatable bonds is 8. The topological polar surface area (TPSA) is 99.3 Å². The number of carbonyl (C=O) groups is 2. The average molecular weight is 531 g/mol. The molecule has 2 fully saturated rings. The number of amides is 2. The third-order valence-electron chi connectivity index (χ3n) is 7.88. The Morgan fingerprint density at radius 3 is 2.44 bits per heavy atom. The number of halogens is 2.